The van der Waals surface area contributed by atoms with Crippen LogP contribution in [0, 0.1) is 6.92 Å². The molecule has 1 aromatic heterocycles. The fourth-order valence-corrected chi connectivity index (χ4v) is 2.43. The van der Waals surface area contributed by atoms with Crippen LogP contribution in [0.4, 0.5) is 5.69 Å². The molecule has 3 heteroatoms. The summed E-state index contributed by atoms with van der Waals surface area (Å²) in [5.41, 5.74) is 2.51. The van der Waals surface area contributed by atoms with Gasteiger partial charge in [-0.25, -0.2) is 0 Å². The number of nitrogens with zero attached hydrogens (tertiary/aromatic N) is 2. The molecule has 1 aromatic rings. The fourth-order valence-electron chi connectivity index (χ4n) is 2.43. The lowest BCUT2D eigenvalue weighted by atomic mass is 10.1. The molecular formula is C14H23N3. The highest BCUT2D eigenvalue weighted by atomic mass is 15.1. The molecule has 94 valence electrons. The SMILES string of the molecule is Cc1cncc(N2CCC(C)NC(C)CC2)c1. The Morgan fingerprint density at radius 1 is 1.18 bits per heavy atom. The van der Waals surface area contributed by atoms with Crippen LogP contribution < -0.4 is 10.2 Å². The molecule has 0 spiro atoms. The zero-order valence-corrected chi connectivity index (χ0v) is 11.1. The van der Waals surface area contributed by atoms with Gasteiger partial charge in [0.1, 0.15) is 0 Å². The Balaban J connectivity index is 2.09. The maximum atomic E-state index is 4.29. The van der Waals surface area contributed by atoms with E-state index in [1.54, 1.807) is 0 Å². The van der Waals surface area contributed by atoms with Crippen molar-refractivity contribution in [2.45, 2.75) is 45.7 Å². The molecule has 1 saturated heterocycles. The predicted octanol–water partition coefficient (Wildman–Crippen LogP) is 2.36. The van der Waals surface area contributed by atoms with Crippen LogP contribution in [0.1, 0.15) is 32.3 Å². The van der Waals surface area contributed by atoms with Crippen LogP contribution in [0.2, 0.25) is 0 Å². The number of hydrogen-bond donors (Lipinski definition) is 1. The molecule has 1 N–H and O–H groups in total. The van der Waals surface area contributed by atoms with E-state index in [0.29, 0.717) is 12.1 Å². The third-order valence-corrected chi connectivity index (χ3v) is 3.46. The van der Waals surface area contributed by atoms with Crippen molar-refractivity contribution in [1.29, 1.82) is 0 Å². The molecular weight excluding hydrogens is 210 g/mol. The summed E-state index contributed by atoms with van der Waals surface area (Å²) in [6.45, 7) is 8.88. The molecule has 17 heavy (non-hydrogen) atoms. The van der Waals surface area contributed by atoms with Gasteiger partial charge in [0.25, 0.3) is 0 Å². The highest BCUT2D eigenvalue weighted by molar-refractivity contribution is 5.45. The standard InChI is InChI=1S/C14H23N3/c1-11-8-14(10-15-9-11)17-6-4-12(2)16-13(3)5-7-17/h8-10,12-13,16H,4-7H2,1-3H3. The van der Waals surface area contributed by atoms with E-state index < -0.39 is 0 Å². The van der Waals surface area contributed by atoms with Gasteiger partial charge < -0.3 is 10.2 Å². The second-order valence-corrected chi connectivity index (χ2v) is 5.25. The van der Waals surface area contributed by atoms with Crippen LogP contribution in [-0.4, -0.2) is 30.2 Å². The van der Waals surface area contributed by atoms with E-state index in [1.165, 1.54) is 24.1 Å². The first kappa shape index (κ1) is 12.4. The average Bonchev–Trinajstić information content (AvgIpc) is 2.26. The quantitative estimate of drug-likeness (QED) is 0.807. The summed E-state index contributed by atoms with van der Waals surface area (Å²) in [6, 6.07) is 3.44. The summed E-state index contributed by atoms with van der Waals surface area (Å²) in [5.74, 6) is 0. The van der Waals surface area contributed by atoms with Crippen molar-refractivity contribution in [3.63, 3.8) is 0 Å². The smallest absolute Gasteiger partial charge is 0.0555 e. The maximum absolute atomic E-state index is 4.29. The number of aryl methyl sites for hydroxylation is 1. The summed E-state index contributed by atoms with van der Waals surface area (Å²) in [5, 5.41) is 3.62. The van der Waals surface area contributed by atoms with Gasteiger partial charge in [0.2, 0.25) is 0 Å². The molecule has 2 rings (SSSR count). The summed E-state index contributed by atoms with van der Waals surface area (Å²) in [6.07, 6.45) is 6.29. The molecule has 1 aliphatic rings. The van der Waals surface area contributed by atoms with Gasteiger partial charge in [-0.15, -0.1) is 0 Å². The van der Waals surface area contributed by atoms with Gasteiger partial charge in [-0.1, -0.05) is 0 Å². The highest BCUT2D eigenvalue weighted by Crippen LogP contribution is 2.17. The zero-order chi connectivity index (χ0) is 12.3. The molecule has 0 bridgehead atoms. The lowest BCUT2D eigenvalue weighted by molar-refractivity contribution is 0.404. The Labute approximate surface area is 104 Å². The van der Waals surface area contributed by atoms with Crippen LogP contribution in [-0.2, 0) is 0 Å². The van der Waals surface area contributed by atoms with Crippen molar-refractivity contribution in [2.75, 3.05) is 18.0 Å². The Bertz CT molecular complexity index is 352. The third-order valence-electron chi connectivity index (χ3n) is 3.46. The number of rotatable bonds is 1. The van der Waals surface area contributed by atoms with E-state index in [0.717, 1.165) is 13.1 Å². The molecule has 2 heterocycles. The molecule has 0 saturated carbocycles. The Kier molecular flexibility index (Phi) is 4.00. The molecule has 0 amide bonds. The highest BCUT2D eigenvalue weighted by Gasteiger charge is 2.16. The predicted molar refractivity (Wildman–Crippen MR) is 72.5 cm³/mol. The molecule has 3 nitrogen and oxygen atoms in total. The molecule has 0 aromatic carbocycles. The van der Waals surface area contributed by atoms with Gasteiger partial charge in [0.05, 0.1) is 11.9 Å². The molecule has 2 unspecified atom stereocenters. The number of nitrogens with one attached hydrogen (secondary N) is 1. The zero-order valence-electron chi connectivity index (χ0n) is 11.1. The monoisotopic (exact) mass is 233 g/mol. The second kappa shape index (κ2) is 5.50. The van der Waals surface area contributed by atoms with E-state index in [4.69, 9.17) is 0 Å². The number of anilines is 1. The molecule has 1 aliphatic heterocycles. The Hall–Kier alpha value is -1.09. The lowest BCUT2D eigenvalue weighted by Gasteiger charge is -2.32. The maximum Gasteiger partial charge on any atom is 0.0555 e. The first-order chi connectivity index (χ1) is 8.15. The molecule has 0 aliphatic carbocycles. The summed E-state index contributed by atoms with van der Waals surface area (Å²) in [4.78, 5) is 6.76. The van der Waals surface area contributed by atoms with E-state index in [1.807, 2.05) is 12.4 Å². The first-order valence-corrected chi connectivity index (χ1v) is 6.58. The van der Waals surface area contributed by atoms with Crippen molar-refractivity contribution in [2.24, 2.45) is 0 Å². The topological polar surface area (TPSA) is 28.2 Å². The molecule has 1 fully saturated rings. The van der Waals surface area contributed by atoms with E-state index >= 15 is 0 Å². The van der Waals surface area contributed by atoms with Crippen molar-refractivity contribution >= 4 is 5.69 Å². The summed E-state index contributed by atoms with van der Waals surface area (Å²) >= 11 is 0. The van der Waals surface area contributed by atoms with Crippen LogP contribution in [0.25, 0.3) is 0 Å². The van der Waals surface area contributed by atoms with Crippen LogP contribution in [0.15, 0.2) is 18.5 Å². The molecule has 2 atom stereocenters. The minimum atomic E-state index is 0.602. The van der Waals surface area contributed by atoms with Gasteiger partial charge >= 0.3 is 0 Å². The third kappa shape index (κ3) is 3.43. The van der Waals surface area contributed by atoms with Gasteiger partial charge in [-0.3, -0.25) is 4.98 Å². The minimum absolute atomic E-state index is 0.602. The number of aromatic nitrogens is 1. The molecule has 0 radical (unpaired) electrons. The van der Waals surface area contributed by atoms with Gasteiger partial charge in [0, 0.05) is 31.4 Å². The lowest BCUT2D eigenvalue weighted by Crippen LogP contribution is -2.43. The van der Waals surface area contributed by atoms with Gasteiger partial charge in [0.15, 0.2) is 0 Å². The summed E-state index contributed by atoms with van der Waals surface area (Å²) < 4.78 is 0. The first-order valence-electron chi connectivity index (χ1n) is 6.58. The van der Waals surface area contributed by atoms with E-state index in [9.17, 15) is 0 Å². The minimum Gasteiger partial charge on any atom is -0.370 e. The number of hydrogen-bond acceptors (Lipinski definition) is 3. The van der Waals surface area contributed by atoms with Gasteiger partial charge in [-0.05, 0) is 45.2 Å². The van der Waals surface area contributed by atoms with E-state index in [-0.39, 0.29) is 0 Å². The van der Waals surface area contributed by atoms with E-state index in [2.05, 4.69) is 42.0 Å². The largest absolute Gasteiger partial charge is 0.370 e. The Morgan fingerprint density at radius 3 is 2.41 bits per heavy atom. The summed E-state index contributed by atoms with van der Waals surface area (Å²) in [7, 11) is 0. The fraction of sp³-hybridized carbons (Fsp3) is 0.643. The van der Waals surface area contributed by atoms with Gasteiger partial charge in [-0.2, -0.15) is 0 Å². The van der Waals surface area contributed by atoms with Crippen molar-refractivity contribution < 1.29 is 0 Å². The number of pyridine rings is 1. The van der Waals surface area contributed by atoms with Crippen molar-refractivity contribution in [3.8, 4) is 0 Å². The van der Waals surface area contributed by atoms with Crippen LogP contribution in [0.3, 0.4) is 0 Å². The van der Waals surface area contributed by atoms with Crippen LogP contribution in [0.5, 0.6) is 0 Å². The Morgan fingerprint density at radius 2 is 1.82 bits per heavy atom. The van der Waals surface area contributed by atoms with Crippen LogP contribution >= 0.6 is 0 Å². The van der Waals surface area contributed by atoms with Crippen molar-refractivity contribution in [3.05, 3.63) is 24.0 Å². The average molecular weight is 233 g/mol. The normalized spacial score (nSPS) is 26.4. The van der Waals surface area contributed by atoms with Crippen molar-refractivity contribution in [1.82, 2.24) is 10.3 Å². The second-order valence-electron chi connectivity index (χ2n) is 5.25.